The Balaban J connectivity index is 3.27. The molecule has 1 heterocycles. The van der Waals surface area contributed by atoms with E-state index in [9.17, 15) is 14.7 Å². The quantitative estimate of drug-likeness (QED) is 0.237. The van der Waals surface area contributed by atoms with Crippen molar-refractivity contribution in [3.05, 3.63) is 18.2 Å². The van der Waals surface area contributed by atoms with Crippen LogP contribution in [0.1, 0.15) is 24.0 Å². The molecule has 8 heteroatoms. The molecule has 0 saturated carbocycles. The smallest absolute Gasteiger partial charge is 0.347 e. The zero-order chi connectivity index (χ0) is 13.3. The van der Waals surface area contributed by atoms with Gasteiger partial charge in [0, 0.05) is 12.4 Å². The summed E-state index contributed by atoms with van der Waals surface area (Å²) < 4.78 is 0. The second kappa shape index (κ2) is 4.24. The zero-order valence-corrected chi connectivity index (χ0v) is 9.17. The molecular weight excluding hydrogens is 228 g/mol. The van der Waals surface area contributed by atoms with Crippen LogP contribution in [0, 0.1) is 0 Å². The van der Waals surface area contributed by atoms with Crippen molar-refractivity contribution in [2.24, 2.45) is 11.5 Å². The largest absolute Gasteiger partial charge is 0.479 e. The summed E-state index contributed by atoms with van der Waals surface area (Å²) in [4.78, 5) is 29.0. The molecular formula is C9H14N4O4. The fourth-order valence-corrected chi connectivity index (χ4v) is 1.32. The predicted molar refractivity (Wildman–Crippen MR) is 56.9 cm³/mol. The first-order valence-corrected chi connectivity index (χ1v) is 4.85. The third kappa shape index (κ3) is 1.93. The van der Waals surface area contributed by atoms with E-state index in [0.29, 0.717) is 0 Å². The highest BCUT2D eigenvalue weighted by atomic mass is 16.4. The van der Waals surface area contributed by atoms with Crippen LogP contribution < -0.4 is 11.5 Å². The molecule has 0 radical (unpaired) electrons. The lowest BCUT2D eigenvalue weighted by Gasteiger charge is -2.35. The monoisotopic (exact) mass is 242 g/mol. The Kier molecular flexibility index (Phi) is 3.32. The van der Waals surface area contributed by atoms with Gasteiger partial charge in [-0.2, -0.15) is 0 Å². The van der Waals surface area contributed by atoms with Crippen molar-refractivity contribution in [2.45, 2.75) is 24.6 Å². The number of aliphatic carboxylic acids is 1. The van der Waals surface area contributed by atoms with Crippen molar-refractivity contribution >= 4 is 11.8 Å². The van der Waals surface area contributed by atoms with Crippen molar-refractivity contribution < 1.29 is 19.8 Å². The van der Waals surface area contributed by atoms with Gasteiger partial charge < -0.3 is 26.7 Å². The number of nitrogens with two attached hydrogens (primary N) is 2. The second-order valence-corrected chi connectivity index (χ2v) is 3.68. The Morgan fingerprint density at radius 2 is 2.12 bits per heavy atom. The molecule has 0 bridgehead atoms. The normalized spacial score (nSPS) is 15.3. The Bertz CT molecular complexity index is 428. The molecule has 94 valence electrons. The molecule has 0 spiro atoms. The Morgan fingerprint density at radius 1 is 1.53 bits per heavy atom. The first kappa shape index (κ1) is 13.3. The lowest BCUT2D eigenvalue weighted by atomic mass is 9.82. The van der Waals surface area contributed by atoms with Crippen LogP contribution in [-0.4, -0.2) is 43.2 Å². The number of H-pyrrole nitrogens is 1. The average molecular weight is 242 g/mol. The van der Waals surface area contributed by atoms with Crippen LogP contribution >= 0.6 is 0 Å². The summed E-state index contributed by atoms with van der Waals surface area (Å²) in [6.45, 7) is 1.46. The number of imidazole rings is 1. The molecule has 7 N–H and O–H groups in total. The summed E-state index contributed by atoms with van der Waals surface area (Å²) in [5.41, 5.74) is 5.95. The Hall–Kier alpha value is -1.77. The highest BCUT2D eigenvalue weighted by Crippen LogP contribution is 2.23. The fourth-order valence-electron chi connectivity index (χ4n) is 1.32. The molecule has 0 aliphatic rings. The molecule has 0 fully saturated rings. The van der Waals surface area contributed by atoms with E-state index in [0.717, 1.165) is 0 Å². The standard InChI is InChI=1S/C9H14N4O4/c1-2-8(10,11)9(17,7(15)16)5(14)6-12-3-4-13-6/h3-4,17H,2,10-11H2,1H3,(H,12,13)(H,15,16). The van der Waals surface area contributed by atoms with Crippen molar-refractivity contribution in [3.8, 4) is 0 Å². The summed E-state index contributed by atoms with van der Waals surface area (Å²) in [7, 11) is 0. The minimum Gasteiger partial charge on any atom is -0.479 e. The summed E-state index contributed by atoms with van der Waals surface area (Å²) in [6, 6.07) is 0. The van der Waals surface area contributed by atoms with Gasteiger partial charge in [-0.25, -0.2) is 9.78 Å². The molecule has 1 rings (SSSR count). The number of aromatic nitrogens is 2. The molecule has 1 atom stereocenters. The number of aromatic amines is 1. The van der Waals surface area contributed by atoms with Gasteiger partial charge in [0.05, 0.1) is 0 Å². The van der Waals surface area contributed by atoms with Gasteiger partial charge in [-0.3, -0.25) is 4.79 Å². The van der Waals surface area contributed by atoms with Crippen LogP contribution in [0.3, 0.4) is 0 Å². The van der Waals surface area contributed by atoms with E-state index in [4.69, 9.17) is 16.6 Å². The van der Waals surface area contributed by atoms with Gasteiger partial charge in [0.2, 0.25) is 5.78 Å². The van der Waals surface area contributed by atoms with E-state index in [1.807, 2.05) is 0 Å². The lowest BCUT2D eigenvalue weighted by Crippen LogP contribution is -2.73. The first-order valence-electron chi connectivity index (χ1n) is 4.85. The third-order valence-electron chi connectivity index (χ3n) is 2.61. The van der Waals surface area contributed by atoms with Gasteiger partial charge in [0.1, 0.15) is 5.66 Å². The number of carbonyl (C=O) groups excluding carboxylic acids is 1. The highest BCUT2D eigenvalue weighted by Gasteiger charge is 2.58. The highest BCUT2D eigenvalue weighted by molar-refractivity contribution is 6.14. The molecule has 0 saturated heterocycles. The minimum atomic E-state index is -2.93. The van der Waals surface area contributed by atoms with Crippen LogP contribution in [0.5, 0.6) is 0 Å². The number of hydrogen-bond donors (Lipinski definition) is 5. The van der Waals surface area contributed by atoms with E-state index in [1.165, 1.54) is 19.3 Å². The predicted octanol–water partition coefficient (Wildman–Crippen LogP) is -1.57. The summed E-state index contributed by atoms with van der Waals surface area (Å²) in [5.74, 6) is -3.31. The number of carboxylic acid groups (broad SMARTS) is 1. The van der Waals surface area contributed by atoms with Gasteiger partial charge in [-0.05, 0) is 6.42 Å². The molecule has 0 aromatic carbocycles. The molecule has 0 aliphatic carbocycles. The van der Waals surface area contributed by atoms with Gasteiger partial charge in [0.15, 0.2) is 5.82 Å². The molecule has 1 aromatic heterocycles. The molecule has 1 unspecified atom stereocenters. The van der Waals surface area contributed by atoms with Crippen molar-refractivity contribution in [1.82, 2.24) is 9.97 Å². The minimum absolute atomic E-state index is 0.109. The summed E-state index contributed by atoms with van der Waals surface area (Å²) >= 11 is 0. The summed E-state index contributed by atoms with van der Waals surface area (Å²) in [5, 5.41) is 19.0. The number of Topliss-reactive ketones (excluding diaryl/α,β-unsaturated/α-hetero) is 1. The maximum Gasteiger partial charge on any atom is 0.347 e. The summed E-state index contributed by atoms with van der Waals surface area (Å²) in [6.07, 6.45) is 2.45. The lowest BCUT2D eigenvalue weighted by molar-refractivity contribution is -0.159. The van der Waals surface area contributed by atoms with Gasteiger partial charge in [0.25, 0.3) is 5.60 Å². The number of nitrogens with zero attached hydrogens (tertiary/aromatic N) is 1. The first-order chi connectivity index (χ1) is 7.77. The van der Waals surface area contributed by atoms with E-state index in [2.05, 4.69) is 9.97 Å². The number of rotatable bonds is 5. The maximum atomic E-state index is 11.9. The Morgan fingerprint density at radius 3 is 2.47 bits per heavy atom. The van der Waals surface area contributed by atoms with Crippen LogP contribution in [0.2, 0.25) is 0 Å². The topological polar surface area (TPSA) is 155 Å². The fraction of sp³-hybridized carbons (Fsp3) is 0.444. The number of carboxylic acids is 1. The zero-order valence-electron chi connectivity index (χ0n) is 9.17. The molecule has 8 nitrogen and oxygen atoms in total. The van der Waals surface area contributed by atoms with Gasteiger partial charge in [-0.15, -0.1) is 0 Å². The maximum absolute atomic E-state index is 11.9. The van der Waals surface area contributed by atoms with Crippen LogP contribution in [0.25, 0.3) is 0 Å². The SMILES string of the molecule is CCC(N)(N)C(O)(C(=O)O)C(=O)c1ncc[nH]1. The number of ketones is 1. The molecule has 0 aliphatic heterocycles. The van der Waals surface area contributed by atoms with Gasteiger partial charge >= 0.3 is 5.97 Å². The van der Waals surface area contributed by atoms with Crippen molar-refractivity contribution in [2.75, 3.05) is 0 Å². The van der Waals surface area contributed by atoms with E-state index in [1.54, 1.807) is 0 Å². The van der Waals surface area contributed by atoms with Crippen molar-refractivity contribution in [3.63, 3.8) is 0 Å². The molecule has 17 heavy (non-hydrogen) atoms. The van der Waals surface area contributed by atoms with E-state index in [-0.39, 0.29) is 12.2 Å². The average Bonchev–Trinajstić information content (AvgIpc) is 2.79. The van der Waals surface area contributed by atoms with Gasteiger partial charge in [-0.1, -0.05) is 6.92 Å². The van der Waals surface area contributed by atoms with Crippen LogP contribution in [0.15, 0.2) is 12.4 Å². The Labute approximate surface area is 96.6 Å². The number of carbonyl (C=O) groups is 2. The van der Waals surface area contributed by atoms with Crippen LogP contribution in [-0.2, 0) is 4.79 Å². The third-order valence-corrected chi connectivity index (χ3v) is 2.61. The van der Waals surface area contributed by atoms with E-state index >= 15 is 0 Å². The van der Waals surface area contributed by atoms with Crippen molar-refractivity contribution in [1.29, 1.82) is 0 Å². The molecule has 1 aromatic rings. The number of nitrogens with one attached hydrogen (secondary N) is 1. The molecule has 0 amide bonds. The number of aliphatic hydroxyl groups is 1. The van der Waals surface area contributed by atoms with E-state index < -0.39 is 23.0 Å². The number of hydrogen-bond acceptors (Lipinski definition) is 6. The second-order valence-electron chi connectivity index (χ2n) is 3.68. The van der Waals surface area contributed by atoms with Crippen LogP contribution in [0.4, 0.5) is 0 Å².